The summed E-state index contributed by atoms with van der Waals surface area (Å²) < 4.78 is 96.8. The summed E-state index contributed by atoms with van der Waals surface area (Å²) in [5, 5.41) is 3.31. The number of fused-ring (bicyclic) bond motifs is 2. The van der Waals surface area contributed by atoms with Gasteiger partial charge in [-0.25, -0.2) is 18.0 Å². The van der Waals surface area contributed by atoms with E-state index in [0.717, 1.165) is 12.0 Å². The number of esters is 1. The number of amides is 1. The molecule has 1 saturated heterocycles. The van der Waals surface area contributed by atoms with Gasteiger partial charge in [-0.2, -0.15) is 13.2 Å². The fourth-order valence-corrected chi connectivity index (χ4v) is 6.52. The van der Waals surface area contributed by atoms with Gasteiger partial charge in [0.25, 0.3) is 11.5 Å². The Morgan fingerprint density at radius 3 is 2.47 bits per heavy atom. The summed E-state index contributed by atoms with van der Waals surface area (Å²) in [5.41, 5.74) is 0.682. The van der Waals surface area contributed by atoms with Gasteiger partial charge in [-0.3, -0.25) is 14.6 Å². The first-order valence-corrected chi connectivity index (χ1v) is 15.7. The zero-order valence-corrected chi connectivity index (χ0v) is 27.4. The van der Waals surface area contributed by atoms with Crippen LogP contribution in [0.25, 0.3) is 32.9 Å². The van der Waals surface area contributed by atoms with Crippen LogP contribution in [0.4, 0.5) is 32.0 Å². The van der Waals surface area contributed by atoms with Gasteiger partial charge in [0.05, 0.1) is 36.9 Å². The van der Waals surface area contributed by atoms with Crippen molar-refractivity contribution in [2.45, 2.75) is 31.6 Å². The lowest BCUT2D eigenvalue weighted by Gasteiger charge is -2.38. The molecule has 9 nitrogen and oxygen atoms in total. The minimum Gasteiger partial charge on any atom is -0.467 e. The molecule has 1 amide bonds. The fraction of sp³-hybridized carbons (Fsp3) is 0.278. The second-order valence-electron chi connectivity index (χ2n) is 12.1. The molecule has 0 unspecified atom stereocenters. The second kappa shape index (κ2) is 13.7. The molecule has 3 aromatic carbocycles. The zero-order chi connectivity index (χ0) is 36.8. The maximum atomic E-state index is 15.3. The summed E-state index contributed by atoms with van der Waals surface area (Å²) in [6.07, 6.45) is -3.54. The van der Waals surface area contributed by atoms with Crippen LogP contribution in [0.1, 0.15) is 21.5 Å². The molecule has 51 heavy (non-hydrogen) atoms. The molecule has 2 aromatic heterocycles. The second-order valence-corrected chi connectivity index (χ2v) is 12.1. The highest BCUT2D eigenvalue weighted by atomic mass is 19.4. The fourth-order valence-electron chi connectivity index (χ4n) is 6.52. The predicted molar refractivity (Wildman–Crippen MR) is 176 cm³/mol. The number of morpholine rings is 1. The quantitative estimate of drug-likeness (QED) is 0.169. The Balaban J connectivity index is 1.34. The minimum absolute atomic E-state index is 0.109. The average molecular weight is 713 g/mol. The van der Waals surface area contributed by atoms with E-state index < -0.39 is 65.4 Å². The number of aryl methyl sites for hydroxylation is 2. The minimum atomic E-state index is -4.75. The summed E-state index contributed by atoms with van der Waals surface area (Å²) in [6.45, 7) is 0.561. The van der Waals surface area contributed by atoms with Gasteiger partial charge in [0.15, 0.2) is 0 Å². The molecule has 1 N–H and O–H groups in total. The van der Waals surface area contributed by atoms with Gasteiger partial charge in [0.1, 0.15) is 35.1 Å². The van der Waals surface area contributed by atoms with E-state index in [4.69, 9.17) is 9.47 Å². The molecule has 0 spiro atoms. The number of carbonyl (C=O) groups excluding carboxylic acids is 2. The number of pyridine rings is 2. The van der Waals surface area contributed by atoms with Crippen LogP contribution in [-0.4, -0.2) is 66.6 Å². The van der Waals surface area contributed by atoms with Crippen molar-refractivity contribution < 1.29 is 45.4 Å². The Bertz CT molecular complexity index is 2230. The molecular weight excluding hydrogens is 682 g/mol. The highest BCUT2D eigenvalue weighted by Crippen LogP contribution is 2.35. The van der Waals surface area contributed by atoms with Crippen molar-refractivity contribution in [1.29, 1.82) is 0 Å². The van der Waals surface area contributed by atoms with Crippen LogP contribution in [0.5, 0.6) is 0 Å². The molecule has 0 aliphatic carbocycles. The van der Waals surface area contributed by atoms with E-state index >= 15 is 8.78 Å². The van der Waals surface area contributed by atoms with E-state index in [9.17, 15) is 31.9 Å². The first-order valence-electron chi connectivity index (χ1n) is 15.7. The molecule has 0 saturated carbocycles. The molecule has 1 aliphatic rings. The summed E-state index contributed by atoms with van der Waals surface area (Å²) >= 11 is 0. The number of halogens is 6. The largest absolute Gasteiger partial charge is 0.467 e. The summed E-state index contributed by atoms with van der Waals surface area (Å²) in [5.74, 6) is -5.67. The van der Waals surface area contributed by atoms with Gasteiger partial charge in [0.2, 0.25) is 0 Å². The molecule has 15 heteroatoms. The Labute approximate surface area is 286 Å². The number of anilines is 1. The number of ether oxygens (including phenoxy) is 2. The molecule has 1 aliphatic heterocycles. The maximum absolute atomic E-state index is 15.3. The molecule has 1 fully saturated rings. The van der Waals surface area contributed by atoms with Gasteiger partial charge < -0.3 is 24.3 Å². The molecule has 0 bridgehead atoms. The number of alkyl halides is 3. The molecule has 0 radical (unpaired) electrons. The first kappa shape index (κ1) is 35.4. The van der Waals surface area contributed by atoms with Crippen molar-refractivity contribution >= 4 is 39.4 Å². The van der Waals surface area contributed by atoms with E-state index in [-0.39, 0.29) is 25.1 Å². The normalized spacial score (nSPS) is 15.6. The highest BCUT2D eigenvalue weighted by Gasteiger charge is 2.46. The van der Waals surface area contributed by atoms with Crippen LogP contribution in [0.2, 0.25) is 0 Å². The van der Waals surface area contributed by atoms with E-state index in [2.05, 4.69) is 10.3 Å². The van der Waals surface area contributed by atoms with Crippen LogP contribution in [-0.2, 0) is 27.7 Å². The number of carbonyl (C=O) groups is 2. The third-order valence-electron chi connectivity index (χ3n) is 9.05. The summed E-state index contributed by atoms with van der Waals surface area (Å²) in [7, 11) is 2.63. The molecule has 2 atom stereocenters. The van der Waals surface area contributed by atoms with E-state index in [0.29, 0.717) is 56.2 Å². The number of rotatable bonds is 7. The molecule has 3 heterocycles. The monoisotopic (exact) mass is 712 g/mol. The van der Waals surface area contributed by atoms with Crippen molar-refractivity contribution in [3.05, 3.63) is 105 Å². The number of methoxy groups -OCH3 is 1. The molecular formula is C36H30F6N4O5. The van der Waals surface area contributed by atoms with Gasteiger partial charge in [-0.15, -0.1) is 0 Å². The van der Waals surface area contributed by atoms with Crippen molar-refractivity contribution in [3.63, 3.8) is 0 Å². The van der Waals surface area contributed by atoms with Crippen molar-refractivity contribution in [2.24, 2.45) is 7.05 Å². The number of nitrogens with one attached hydrogen (secondary N) is 1. The number of aromatic nitrogens is 2. The van der Waals surface area contributed by atoms with Crippen molar-refractivity contribution in [3.8, 4) is 11.1 Å². The van der Waals surface area contributed by atoms with Crippen LogP contribution in [0.3, 0.4) is 0 Å². The lowest BCUT2D eigenvalue weighted by Crippen LogP contribution is -2.53. The van der Waals surface area contributed by atoms with E-state index in [1.54, 1.807) is 38.2 Å². The Morgan fingerprint density at radius 2 is 1.78 bits per heavy atom. The van der Waals surface area contributed by atoms with Crippen molar-refractivity contribution in [2.75, 3.05) is 31.8 Å². The van der Waals surface area contributed by atoms with Crippen LogP contribution < -0.4 is 15.8 Å². The molecule has 266 valence electrons. The maximum Gasteiger partial charge on any atom is 0.411 e. The SMILES string of the molecule is COC(=O)[C@H](Cc1ccc(-c2c(C)c3cc(F)ccc3n(C)c2=O)c2cccnc12)NC(=O)c1c(F)cc(N2CCOC[C@@H]2C(F)(F)F)cc1F. The van der Waals surface area contributed by atoms with Gasteiger partial charge >= 0.3 is 12.1 Å². The number of hydrogen-bond acceptors (Lipinski definition) is 7. The van der Waals surface area contributed by atoms with Gasteiger partial charge in [-0.05, 0) is 60.0 Å². The molecule has 6 rings (SSSR count). The lowest BCUT2D eigenvalue weighted by atomic mass is 9.92. The van der Waals surface area contributed by atoms with Crippen LogP contribution in [0.15, 0.2) is 65.6 Å². The average Bonchev–Trinajstić information content (AvgIpc) is 3.10. The van der Waals surface area contributed by atoms with Gasteiger partial charge in [-0.1, -0.05) is 18.2 Å². The Kier molecular flexibility index (Phi) is 9.51. The lowest BCUT2D eigenvalue weighted by molar-refractivity contribution is -0.167. The third-order valence-corrected chi connectivity index (χ3v) is 9.05. The zero-order valence-electron chi connectivity index (χ0n) is 27.4. The summed E-state index contributed by atoms with van der Waals surface area (Å²) in [6, 6.07) is 8.27. The van der Waals surface area contributed by atoms with E-state index in [1.165, 1.54) is 29.0 Å². The Morgan fingerprint density at radius 1 is 1.06 bits per heavy atom. The van der Waals surface area contributed by atoms with Crippen molar-refractivity contribution in [1.82, 2.24) is 14.9 Å². The number of nitrogens with zero attached hydrogens (tertiary/aromatic N) is 3. The van der Waals surface area contributed by atoms with Gasteiger partial charge in [0, 0.05) is 42.7 Å². The third kappa shape index (κ3) is 6.60. The standard InChI is InChI=1S/C36H30F6N4O5/c1-18-24-14-20(37)7-9-28(24)45(2)34(48)30(18)22-8-6-19(32-23(22)5-4-10-43-32)13-27(35(49)50-3)44-33(47)31-25(38)15-21(16-26(31)39)46-11-12-51-17-29(46)36(40,41)42/h4-10,14-16,27,29H,11-13,17H2,1-3H3,(H,44,47)/t27-,29+/m0/s1. The topological polar surface area (TPSA) is 103 Å². The number of hydrogen-bond donors (Lipinski definition) is 1. The molecule has 5 aromatic rings. The van der Waals surface area contributed by atoms with Crippen LogP contribution >= 0.6 is 0 Å². The smallest absolute Gasteiger partial charge is 0.411 e. The first-order chi connectivity index (χ1) is 24.2. The summed E-state index contributed by atoms with van der Waals surface area (Å²) in [4.78, 5) is 45.0. The highest BCUT2D eigenvalue weighted by molar-refractivity contribution is 6.01. The van der Waals surface area contributed by atoms with E-state index in [1.807, 2.05) is 0 Å². The number of benzene rings is 3. The Hall–Kier alpha value is -5.44. The predicted octanol–water partition coefficient (Wildman–Crippen LogP) is 5.76. The van der Waals surface area contributed by atoms with Crippen LogP contribution in [0, 0.1) is 24.4 Å².